The van der Waals surface area contributed by atoms with Gasteiger partial charge in [-0.25, -0.2) is 15.0 Å². The van der Waals surface area contributed by atoms with E-state index in [0.29, 0.717) is 49.2 Å². The number of carbonyl (C=O) groups is 1. The van der Waals surface area contributed by atoms with Gasteiger partial charge in [-0.2, -0.15) is 13.2 Å². The highest BCUT2D eigenvalue weighted by Gasteiger charge is 2.30. The predicted molar refractivity (Wildman–Crippen MR) is 123 cm³/mol. The first-order valence-corrected chi connectivity index (χ1v) is 10.9. The fourth-order valence-corrected chi connectivity index (χ4v) is 3.80. The van der Waals surface area contributed by atoms with Gasteiger partial charge >= 0.3 is 6.18 Å². The number of nitrogens with zero attached hydrogens (tertiary/aromatic N) is 5. The van der Waals surface area contributed by atoms with Crippen molar-refractivity contribution in [3.8, 4) is 0 Å². The van der Waals surface area contributed by atoms with Crippen LogP contribution in [0.25, 0.3) is 0 Å². The molecular formula is C24H25F3N6O. The van der Waals surface area contributed by atoms with Gasteiger partial charge in [0.25, 0.3) is 0 Å². The minimum atomic E-state index is -4.38. The molecule has 3 heterocycles. The number of halogens is 3. The van der Waals surface area contributed by atoms with Crippen molar-refractivity contribution in [2.24, 2.45) is 0 Å². The molecular weight excluding hydrogens is 445 g/mol. The number of rotatable bonds is 5. The Kier molecular flexibility index (Phi) is 6.67. The fourth-order valence-electron chi connectivity index (χ4n) is 3.80. The number of pyridine rings is 1. The van der Waals surface area contributed by atoms with Crippen molar-refractivity contribution < 1.29 is 18.0 Å². The molecule has 3 aromatic rings. The summed E-state index contributed by atoms with van der Waals surface area (Å²) in [6.07, 6.45) is -2.58. The Morgan fingerprint density at radius 3 is 2.32 bits per heavy atom. The van der Waals surface area contributed by atoms with Gasteiger partial charge < -0.3 is 15.1 Å². The molecule has 0 unspecified atom stereocenters. The van der Waals surface area contributed by atoms with E-state index in [2.05, 4.69) is 25.2 Å². The van der Waals surface area contributed by atoms with Gasteiger partial charge in [-0.3, -0.25) is 4.79 Å². The van der Waals surface area contributed by atoms with E-state index in [0.717, 1.165) is 23.5 Å². The van der Waals surface area contributed by atoms with Crippen LogP contribution in [0.5, 0.6) is 0 Å². The molecule has 1 aliphatic heterocycles. The van der Waals surface area contributed by atoms with Gasteiger partial charge in [-0.1, -0.05) is 12.1 Å². The molecule has 1 aliphatic rings. The molecule has 178 valence electrons. The van der Waals surface area contributed by atoms with Crippen LogP contribution in [0.15, 0.2) is 48.7 Å². The van der Waals surface area contributed by atoms with Crippen molar-refractivity contribution in [1.82, 2.24) is 19.9 Å². The van der Waals surface area contributed by atoms with Crippen LogP contribution in [0, 0.1) is 13.8 Å². The van der Waals surface area contributed by atoms with Crippen LogP contribution < -0.4 is 10.2 Å². The van der Waals surface area contributed by atoms with E-state index in [-0.39, 0.29) is 12.3 Å². The van der Waals surface area contributed by atoms with Crippen molar-refractivity contribution in [1.29, 1.82) is 0 Å². The number of nitrogens with one attached hydrogen (secondary N) is 1. The Balaban J connectivity index is 1.36. The van der Waals surface area contributed by atoms with E-state index >= 15 is 0 Å². The number of alkyl halides is 3. The number of aryl methyl sites for hydroxylation is 2. The average Bonchev–Trinajstić information content (AvgIpc) is 2.78. The van der Waals surface area contributed by atoms with Crippen molar-refractivity contribution >= 4 is 23.4 Å². The summed E-state index contributed by atoms with van der Waals surface area (Å²) >= 11 is 0. The number of benzene rings is 1. The smallest absolute Gasteiger partial charge is 0.353 e. The van der Waals surface area contributed by atoms with E-state index in [1.807, 2.05) is 32.0 Å². The summed E-state index contributed by atoms with van der Waals surface area (Å²) in [5, 5.41) is 3.21. The van der Waals surface area contributed by atoms with Gasteiger partial charge in [-0.15, -0.1) is 0 Å². The molecule has 0 saturated carbocycles. The maximum Gasteiger partial charge on any atom is 0.416 e. The van der Waals surface area contributed by atoms with Crippen LogP contribution >= 0.6 is 0 Å². The van der Waals surface area contributed by atoms with Crippen molar-refractivity contribution in [3.05, 3.63) is 71.2 Å². The normalized spacial score (nSPS) is 14.3. The molecule has 1 fully saturated rings. The van der Waals surface area contributed by atoms with Gasteiger partial charge in [0.1, 0.15) is 23.3 Å². The predicted octanol–water partition coefficient (Wildman–Crippen LogP) is 4.14. The molecule has 2 aromatic heterocycles. The van der Waals surface area contributed by atoms with Crippen LogP contribution in [0.1, 0.15) is 22.5 Å². The Morgan fingerprint density at radius 2 is 1.68 bits per heavy atom. The highest BCUT2D eigenvalue weighted by Crippen LogP contribution is 2.29. The standard InChI is InChI=1S/C24H25F3N6O/c1-16-7-8-28-20(13-16)31-21-15-22(30-17(2)29-21)32-9-11-33(12-10-32)23(34)14-18-3-5-19(6-4-18)24(25,26)27/h3-8,13,15H,9-12,14H2,1-2H3,(H,28,29,30,31). The summed E-state index contributed by atoms with van der Waals surface area (Å²) in [4.78, 5) is 29.8. The minimum absolute atomic E-state index is 0.0717. The second kappa shape index (κ2) is 9.66. The Labute approximate surface area is 195 Å². The lowest BCUT2D eigenvalue weighted by Gasteiger charge is -2.35. The maximum absolute atomic E-state index is 12.7. The molecule has 1 saturated heterocycles. The van der Waals surface area contributed by atoms with Crippen molar-refractivity contribution in [2.45, 2.75) is 26.4 Å². The van der Waals surface area contributed by atoms with E-state index in [1.165, 1.54) is 12.1 Å². The van der Waals surface area contributed by atoms with Crippen LogP contribution in [-0.2, 0) is 17.4 Å². The zero-order chi connectivity index (χ0) is 24.3. The molecule has 10 heteroatoms. The first-order chi connectivity index (χ1) is 16.2. The Bertz CT molecular complexity index is 1160. The van der Waals surface area contributed by atoms with E-state index < -0.39 is 11.7 Å². The number of hydrogen-bond acceptors (Lipinski definition) is 6. The molecule has 0 radical (unpaired) electrons. The number of carbonyl (C=O) groups excluding carboxylic acids is 1. The van der Waals surface area contributed by atoms with Gasteiger partial charge in [-0.05, 0) is 49.2 Å². The lowest BCUT2D eigenvalue weighted by Crippen LogP contribution is -2.49. The number of piperazine rings is 1. The number of anilines is 3. The van der Waals surface area contributed by atoms with Crippen LogP contribution in [0.4, 0.5) is 30.6 Å². The molecule has 0 bridgehead atoms. The lowest BCUT2D eigenvalue weighted by molar-refractivity contribution is -0.137. The molecule has 0 spiro atoms. The van der Waals surface area contributed by atoms with E-state index in [1.54, 1.807) is 11.1 Å². The maximum atomic E-state index is 12.7. The summed E-state index contributed by atoms with van der Waals surface area (Å²) in [5.41, 5.74) is 0.928. The average molecular weight is 470 g/mol. The summed E-state index contributed by atoms with van der Waals surface area (Å²) in [5.74, 6) is 2.61. The molecule has 7 nitrogen and oxygen atoms in total. The molecule has 0 atom stereocenters. The second-order valence-corrected chi connectivity index (χ2v) is 8.24. The SMILES string of the molecule is Cc1ccnc(Nc2cc(N3CCN(C(=O)Cc4ccc(C(F)(F)F)cc4)CC3)nc(C)n2)c1. The third kappa shape index (κ3) is 5.81. The zero-order valence-electron chi connectivity index (χ0n) is 18.9. The van der Waals surface area contributed by atoms with Crippen LogP contribution in [-0.4, -0.2) is 51.9 Å². The quantitative estimate of drug-likeness (QED) is 0.604. The van der Waals surface area contributed by atoms with Gasteiger partial charge in [0.2, 0.25) is 5.91 Å². The lowest BCUT2D eigenvalue weighted by atomic mass is 10.1. The fraction of sp³-hybridized carbons (Fsp3) is 0.333. The summed E-state index contributed by atoms with van der Waals surface area (Å²) in [6, 6.07) is 10.4. The monoisotopic (exact) mass is 470 g/mol. The number of amides is 1. The molecule has 1 aromatic carbocycles. The van der Waals surface area contributed by atoms with Crippen LogP contribution in [0.3, 0.4) is 0 Å². The molecule has 0 aliphatic carbocycles. The van der Waals surface area contributed by atoms with Crippen LogP contribution in [0.2, 0.25) is 0 Å². The molecule has 34 heavy (non-hydrogen) atoms. The molecule has 4 rings (SSSR count). The van der Waals surface area contributed by atoms with Gasteiger partial charge in [0.05, 0.1) is 12.0 Å². The Morgan fingerprint density at radius 1 is 0.971 bits per heavy atom. The first kappa shape index (κ1) is 23.5. The summed E-state index contributed by atoms with van der Waals surface area (Å²) in [7, 11) is 0. The van der Waals surface area contributed by atoms with E-state index in [4.69, 9.17) is 0 Å². The van der Waals surface area contributed by atoms with Crippen molar-refractivity contribution in [2.75, 3.05) is 36.4 Å². The van der Waals surface area contributed by atoms with E-state index in [9.17, 15) is 18.0 Å². The number of hydrogen-bond donors (Lipinski definition) is 1. The third-order valence-corrected chi connectivity index (χ3v) is 5.59. The van der Waals surface area contributed by atoms with Gasteiger partial charge in [0.15, 0.2) is 0 Å². The van der Waals surface area contributed by atoms with Gasteiger partial charge in [0, 0.05) is 38.4 Å². The minimum Gasteiger partial charge on any atom is -0.353 e. The molecule has 1 amide bonds. The largest absolute Gasteiger partial charge is 0.416 e. The second-order valence-electron chi connectivity index (χ2n) is 8.24. The zero-order valence-corrected chi connectivity index (χ0v) is 18.9. The highest BCUT2D eigenvalue weighted by atomic mass is 19.4. The molecule has 1 N–H and O–H groups in total. The first-order valence-electron chi connectivity index (χ1n) is 10.9. The highest BCUT2D eigenvalue weighted by molar-refractivity contribution is 5.79. The summed E-state index contributed by atoms with van der Waals surface area (Å²) in [6.45, 7) is 6.01. The third-order valence-electron chi connectivity index (χ3n) is 5.59. The van der Waals surface area contributed by atoms with Crippen molar-refractivity contribution in [3.63, 3.8) is 0 Å². The number of aromatic nitrogens is 3. The summed E-state index contributed by atoms with van der Waals surface area (Å²) < 4.78 is 38.2. The topological polar surface area (TPSA) is 74.2 Å². The Hall–Kier alpha value is -3.69.